The normalized spacial score (nSPS) is 17.6. The van der Waals surface area contributed by atoms with Crippen LogP contribution < -0.4 is 10.6 Å². The Morgan fingerprint density at radius 1 is 1.28 bits per heavy atom. The van der Waals surface area contributed by atoms with Crippen molar-refractivity contribution >= 4 is 41.7 Å². The largest absolute Gasteiger partial charge is 0.357 e. The van der Waals surface area contributed by atoms with E-state index in [0.717, 1.165) is 38.7 Å². The number of thioether (sulfide) groups is 1. The molecule has 25 heavy (non-hydrogen) atoms. The van der Waals surface area contributed by atoms with Crippen LogP contribution in [0.4, 0.5) is 0 Å². The minimum absolute atomic E-state index is 0. The summed E-state index contributed by atoms with van der Waals surface area (Å²) in [5.74, 6) is 0.972. The fourth-order valence-corrected chi connectivity index (χ4v) is 3.11. The molecule has 6 heteroatoms. The molecule has 0 aliphatic carbocycles. The van der Waals surface area contributed by atoms with E-state index in [-0.39, 0.29) is 24.0 Å². The Kier molecular flexibility index (Phi) is 11.6. The third-order valence-electron chi connectivity index (χ3n) is 4.43. The lowest BCUT2D eigenvalue weighted by Crippen LogP contribution is -2.48. The Bertz CT molecular complexity index is 489. The molecule has 0 saturated carbocycles. The van der Waals surface area contributed by atoms with Gasteiger partial charge in [-0.2, -0.15) is 11.8 Å². The quantitative estimate of drug-likeness (QED) is 0.359. The second-order valence-corrected chi connectivity index (χ2v) is 7.72. The molecule has 1 saturated heterocycles. The zero-order valence-corrected chi connectivity index (χ0v) is 18.8. The first-order chi connectivity index (χ1) is 11.7. The number of aliphatic imine (C=N–C) groups is 1. The van der Waals surface area contributed by atoms with Gasteiger partial charge < -0.3 is 10.6 Å². The SMILES string of the molecule is CCNC(=NCC(C)SC)NC1CCN(Cc2ccccc2)CC1.I. The van der Waals surface area contributed by atoms with Crippen LogP contribution in [0, 0.1) is 0 Å². The summed E-state index contributed by atoms with van der Waals surface area (Å²) in [4.78, 5) is 7.27. The lowest BCUT2D eigenvalue weighted by atomic mass is 10.0. The molecule has 0 amide bonds. The minimum Gasteiger partial charge on any atom is -0.357 e. The summed E-state index contributed by atoms with van der Waals surface area (Å²) in [5.41, 5.74) is 1.41. The molecule has 0 spiro atoms. The number of rotatable bonds is 7. The molecule has 4 nitrogen and oxygen atoms in total. The molecular weight excluding hydrogens is 443 g/mol. The van der Waals surface area contributed by atoms with Crippen LogP contribution in [0.3, 0.4) is 0 Å². The average Bonchev–Trinajstić information content (AvgIpc) is 2.62. The standard InChI is InChI=1S/C19H32N4S.HI/c1-4-20-19(21-14-16(2)24-3)22-18-10-12-23(13-11-18)15-17-8-6-5-7-9-17;/h5-9,16,18H,4,10-15H2,1-3H3,(H2,20,21,22);1H. The molecule has 0 aromatic heterocycles. The van der Waals surface area contributed by atoms with Crippen molar-refractivity contribution in [3.8, 4) is 0 Å². The van der Waals surface area contributed by atoms with Gasteiger partial charge in [-0.3, -0.25) is 9.89 Å². The van der Waals surface area contributed by atoms with Crippen LogP contribution in [0.25, 0.3) is 0 Å². The van der Waals surface area contributed by atoms with E-state index in [4.69, 9.17) is 4.99 Å². The van der Waals surface area contributed by atoms with E-state index in [1.807, 2.05) is 11.8 Å². The van der Waals surface area contributed by atoms with Gasteiger partial charge in [0.25, 0.3) is 0 Å². The lowest BCUT2D eigenvalue weighted by molar-refractivity contribution is 0.198. The highest BCUT2D eigenvalue weighted by Gasteiger charge is 2.20. The molecule has 1 atom stereocenters. The van der Waals surface area contributed by atoms with Gasteiger partial charge >= 0.3 is 0 Å². The number of nitrogens with one attached hydrogen (secondary N) is 2. The van der Waals surface area contributed by atoms with Gasteiger partial charge in [0, 0.05) is 37.5 Å². The second kappa shape index (κ2) is 12.8. The maximum atomic E-state index is 4.73. The molecule has 0 bridgehead atoms. The Morgan fingerprint density at radius 2 is 1.96 bits per heavy atom. The lowest BCUT2D eigenvalue weighted by Gasteiger charge is -2.33. The van der Waals surface area contributed by atoms with E-state index in [2.05, 4.69) is 66.0 Å². The van der Waals surface area contributed by atoms with Crippen molar-refractivity contribution in [3.05, 3.63) is 35.9 Å². The molecule has 1 heterocycles. The number of piperidine rings is 1. The molecular formula is C19H33IN4S. The molecule has 2 rings (SSSR count). The van der Waals surface area contributed by atoms with Crippen LogP contribution in [0.15, 0.2) is 35.3 Å². The van der Waals surface area contributed by atoms with E-state index in [1.165, 1.54) is 18.4 Å². The Balaban J connectivity index is 0.00000312. The summed E-state index contributed by atoms with van der Waals surface area (Å²) in [6.45, 7) is 9.47. The molecule has 1 aliphatic rings. The fourth-order valence-electron chi connectivity index (χ4n) is 2.88. The monoisotopic (exact) mass is 476 g/mol. The molecule has 1 aliphatic heterocycles. The van der Waals surface area contributed by atoms with Crippen molar-refractivity contribution in [2.45, 2.75) is 44.5 Å². The van der Waals surface area contributed by atoms with Crippen LogP contribution in [0.2, 0.25) is 0 Å². The highest BCUT2D eigenvalue weighted by molar-refractivity contribution is 14.0. The van der Waals surface area contributed by atoms with Gasteiger partial charge in [0.1, 0.15) is 0 Å². The van der Waals surface area contributed by atoms with Crippen LogP contribution in [-0.2, 0) is 6.54 Å². The van der Waals surface area contributed by atoms with Gasteiger partial charge in [-0.1, -0.05) is 37.3 Å². The van der Waals surface area contributed by atoms with E-state index in [9.17, 15) is 0 Å². The fraction of sp³-hybridized carbons (Fsp3) is 0.632. The smallest absolute Gasteiger partial charge is 0.191 e. The zero-order chi connectivity index (χ0) is 17.2. The first-order valence-corrected chi connectivity index (χ1v) is 10.3. The topological polar surface area (TPSA) is 39.7 Å². The Labute approximate surface area is 174 Å². The number of nitrogens with zero attached hydrogens (tertiary/aromatic N) is 2. The molecule has 1 fully saturated rings. The van der Waals surface area contributed by atoms with Gasteiger partial charge in [0.2, 0.25) is 0 Å². The number of guanidine groups is 1. The van der Waals surface area contributed by atoms with E-state index in [1.54, 1.807) is 0 Å². The van der Waals surface area contributed by atoms with Gasteiger partial charge in [0.15, 0.2) is 5.96 Å². The van der Waals surface area contributed by atoms with Crippen LogP contribution in [0.5, 0.6) is 0 Å². The zero-order valence-electron chi connectivity index (χ0n) is 15.7. The molecule has 1 aromatic carbocycles. The number of halogens is 1. The molecule has 0 radical (unpaired) electrons. The third-order valence-corrected chi connectivity index (χ3v) is 5.38. The summed E-state index contributed by atoms with van der Waals surface area (Å²) in [5, 5.41) is 7.56. The van der Waals surface area contributed by atoms with Gasteiger partial charge in [-0.25, -0.2) is 0 Å². The van der Waals surface area contributed by atoms with Crippen molar-refractivity contribution in [2.24, 2.45) is 4.99 Å². The van der Waals surface area contributed by atoms with Gasteiger partial charge in [-0.15, -0.1) is 24.0 Å². The van der Waals surface area contributed by atoms with Gasteiger partial charge in [0.05, 0.1) is 6.54 Å². The van der Waals surface area contributed by atoms with Crippen LogP contribution >= 0.6 is 35.7 Å². The highest BCUT2D eigenvalue weighted by atomic mass is 127. The Morgan fingerprint density at radius 3 is 2.56 bits per heavy atom. The van der Waals surface area contributed by atoms with Crippen molar-refractivity contribution < 1.29 is 0 Å². The van der Waals surface area contributed by atoms with Crippen LogP contribution in [-0.4, -0.2) is 54.6 Å². The van der Waals surface area contributed by atoms with Crippen molar-refractivity contribution in [2.75, 3.05) is 32.4 Å². The first-order valence-electron chi connectivity index (χ1n) is 9.05. The van der Waals surface area contributed by atoms with Crippen molar-refractivity contribution in [1.82, 2.24) is 15.5 Å². The summed E-state index contributed by atoms with van der Waals surface area (Å²) in [6.07, 6.45) is 4.49. The summed E-state index contributed by atoms with van der Waals surface area (Å²) < 4.78 is 0. The van der Waals surface area contributed by atoms with Gasteiger partial charge in [-0.05, 0) is 31.6 Å². The maximum Gasteiger partial charge on any atom is 0.191 e. The number of hydrogen-bond acceptors (Lipinski definition) is 3. The molecule has 1 unspecified atom stereocenters. The predicted molar refractivity (Wildman–Crippen MR) is 122 cm³/mol. The number of hydrogen-bond donors (Lipinski definition) is 2. The number of benzene rings is 1. The average molecular weight is 476 g/mol. The van der Waals surface area contributed by atoms with E-state index in [0.29, 0.717) is 11.3 Å². The summed E-state index contributed by atoms with van der Waals surface area (Å²) >= 11 is 1.86. The number of likely N-dealkylation sites (tertiary alicyclic amines) is 1. The minimum atomic E-state index is 0. The Hall–Kier alpha value is -0.470. The highest BCUT2D eigenvalue weighted by Crippen LogP contribution is 2.14. The predicted octanol–water partition coefficient (Wildman–Crippen LogP) is 3.58. The first kappa shape index (κ1) is 22.6. The molecule has 2 N–H and O–H groups in total. The van der Waals surface area contributed by atoms with Crippen molar-refractivity contribution in [1.29, 1.82) is 0 Å². The summed E-state index contributed by atoms with van der Waals surface area (Å²) in [7, 11) is 0. The van der Waals surface area contributed by atoms with Crippen LogP contribution in [0.1, 0.15) is 32.3 Å². The molecule has 1 aromatic rings. The maximum absolute atomic E-state index is 4.73. The third kappa shape index (κ3) is 8.64. The summed E-state index contributed by atoms with van der Waals surface area (Å²) in [6, 6.07) is 11.3. The van der Waals surface area contributed by atoms with E-state index >= 15 is 0 Å². The van der Waals surface area contributed by atoms with E-state index < -0.39 is 0 Å². The molecule has 142 valence electrons. The van der Waals surface area contributed by atoms with Crippen molar-refractivity contribution in [3.63, 3.8) is 0 Å². The second-order valence-electron chi connectivity index (χ2n) is 6.45.